The third kappa shape index (κ3) is 5.42. The minimum atomic E-state index is -0.0748. The Hall–Kier alpha value is -2.33. The molecule has 2 aromatic rings. The molecule has 0 heterocycles. The van der Waals surface area contributed by atoms with E-state index in [0.29, 0.717) is 30.0 Å². The molecule has 23 heavy (non-hydrogen) atoms. The van der Waals surface area contributed by atoms with Gasteiger partial charge >= 0.3 is 0 Å². The lowest BCUT2D eigenvalue weighted by molar-refractivity contribution is 0.474. The minimum absolute atomic E-state index is 0.0748. The van der Waals surface area contributed by atoms with E-state index in [0.717, 1.165) is 0 Å². The number of phenolic OH excluding ortho intramolecular Hbond substituents is 2. The van der Waals surface area contributed by atoms with Gasteiger partial charge in [-0.25, -0.2) is 0 Å². The standard InChI is InChI=1S/C18H19ClN2O2/c19-10-9-16(21-12-15-6-2-4-8-18(15)23)13-20-11-14-5-1-3-7-17(14)22/h1-8,11-12,16,22-23H,9-10,13H2. The normalized spacial score (nSPS) is 12.9. The molecule has 1 atom stereocenters. The summed E-state index contributed by atoms with van der Waals surface area (Å²) in [6, 6.07) is 14.0. The van der Waals surface area contributed by atoms with Crippen LogP contribution in [-0.4, -0.2) is 41.1 Å². The molecule has 0 saturated heterocycles. The number of benzene rings is 2. The zero-order chi connectivity index (χ0) is 16.5. The quantitative estimate of drug-likeness (QED) is 0.601. The molecule has 1 unspecified atom stereocenters. The number of nitrogens with zero attached hydrogens (tertiary/aromatic N) is 2. The molecule has 0 fully saturated rings. The predicted molar refractivity (Wildman–Crippen MR) is 95.4 cm³/mol. The van der Waals surface area contributed by atoms with E-state index in [1.807, 2.05) is 12.1 Å². The molecule has 0 aliphatic carbocycles. The van der Waals surface area contributed by atoms with Gasteiger partial charge in [-0.15, -0.1) is 11.6 Å². The molecule has 0 spiro atoms. The van der Waals surface area contributed by atoms with Crippen LogP contribution >= 0.6 is 11.6 Å². The molecule has 0 aromatic heterocycles. The van der Waals surface area contributed by atoms with E-state index in [1.165, 1.54) is 0 Å². The van der Waals surface area contributed by atoms with Crippen molar-refractivity contribution >= 4 is 24.0 Å². The summed E-state index contributed by atoms with van der Waals surface area (Å²) < 4.78 is 0. The van der Waals surface area contributed by atoms with Gasteiger partial charge in [0.25, 0.3) is 0 Å². The van der Waals surface area contributed by atoms with E-state index in [1.54, 1.807) is 48.8 Å². The first-order chi connectivity index (χ1) is 11.2. The third-order valence-electron chi connectivity index (χ3n) is 3.29. The molecule has 0 aliphatic heterocycles. The second-order valence-corrected chi connectivity index (χ2v) is 5.40. The first-order valence-electron chi connectivity index (χ1n) is 7.35. The number of para-hydroxylation sites is 2. The number of hydrogen-bond acceptors (Lipinski definition) is 4. The minimum Gasteiger partial charge on any atom is -0.507 e. The molecule has 5 heteroatoms. The Morgan fingerprint density at radius 3 is 2.04 bits per heavy atom. The van der Waals surface area contributed by atoms with Crippen molar-refractivity contribution in [3.8, 4) is 11.5 Å². The number of alkyl halides is 1. The second-order valence-electron chi connectivity index (χ2n) is 5.02. The largest absolute Gasteiger partial charge is 0.507 e. The zero-order valence-electron chi connectivity index (χ0n) is 12.6. The molecule has 120 valence electrons. The summed E-state index contributed by atoms with van der Waals surface area (Å²) in [4.78, 5) is 8.79. The van der Waals surface area contributed by atoms with E-state index >= 15 is 0 Å². The average molecular weight is 331 g/mol. The lowest BCUT2D eigenvalue weighted by atomic mass is 10.2. The van der Waals surface area contributed by atoms with Crippen LogP contribution in [0.3, 0.4) is 0 Å². The molecule has 0 saturated carbocycles. The molecule has 4 nitrogen and oxygen atoms in total. The Labute approximate surface area is 140 Å². The fraction of sp³-hybridized carbons (Fsp3) is 0.222. The Balaban J connectivity index is 2.01. The van der Waals surface area contributed by atoms with Crippen LogP contribution < -0.4 is 0 Å². The van der Waals surface area contributed by atoms with Gasteiger partial charge in [0.05, 0.1) is 12.6 Å². The Bertz CT molecular complexity index is 686. The van der Waals surface area contributed by atoms with E-state index in [-0.39, 0.29) is 17.5 Å². The van der Waals surface area contributed by atoms with Crippen LogP contribution in [-0.2, 0) is 0 Å². The van der Waals surface area contributed by atoms with Crippen molar-refractivity contribution in [3.63, 3.8) is 0 Å². The molecule has 2 aromatic carbocycles. The number of halogens is 1. The summed E-state index contributed by atoms with van der Waals surface area (Å²) >= 11 is 5.82. The van der Waals surface area contributed by atoms with Crippen molar-refractivity contribution in [1.82, 2.24) is 0 Å². The molecular weight excluding hydrogens is 312 g/mol. The molecule has 2 rings (SSSR count). The van der Waals surface area contributed by atoms with E-state index < -0.39 is 0 Å². The van der Waals surface area contributed by atoms with Gasteiger partial charge in [-0.05, 0) is 30.7 Å². The monoisotopic (exact) mass is 330 g/mol. The maximum Gasteiger partial charge on any atom is 0.124 e. The van der Waals surface area contributed by atoms with Crippen molar-refractivity contribution in [3.05, 3.63) is 59.7 Å². The molecule has 0 bridgehead atoms. The highest BCUT2D eigenvalue weighted by molar-refractivity contribution is 6.17. The van der Waals surface area contributed by atoms with Gasteiger partial charge in [0.2, 0.25) is 0 Å². The summed E-state index contributed by atoms with van der Waals surface area (Å²) in [5.74, 6) is 0.871. The van der Waals surface area contributed by atoms with Gasteiger partial charge in [-0.3, -0.25) is 9.98 Å². The van der Waals surface area contributed by atoms with Gasteiger partial charge in [0, 0.05) is 29.4 Å². The van der Waals surface area contributed by atoms with Gasteiger partial charge in [0.1, 0.15) is 11.5 Å². The Morgan fingerprint density at radius 1 is 0.913 bits per heavy atom. The fourth-order valence-corrected chi connectivity index (χ4v) is 2.24. The number of rotatable bonds is 7. The predicted octanol–water partition coefficient (Wildman–Crippen LogP) is 3.63. The van der Waals surface area contributed by atoms with Crippen LogP contribution in [0.5, 0.6) is 11.5 Å². The lowest BCUT2D eigenvalue weighted by Gasteiger charge is -2.08. The maximum absolute atomic E-state index is 9.73. The van der Waals surface area contributed by atoms with E-state index in [9.17, 15) is 10.2 Å². The van der Waals surface area contributed by atoms with Crippen molar-refractivity contribution < 1.29 is 10.2 Å². The number of hydrogen-bond donors (Lipinski definition) is 2. The van der Waals surface area contributed by atoms with Crippen LogP contribution in [0.1, 0.15) is 17.5 Å². The number of aliphatic imine (C=N–C) groups is 2. The summed E-state index contributed by atoms with van der Waals surface area (Å²) in [5.41, 5.74) is 1.33. The third-order valence-corrected chi connectivity index (χ3v) is 3.51. The molecule has 2 N–H and O–H groups in total. The van der Waals surface area contributed by atoms with Crippen molar-refractivity contribution in [2.75, 3.05) is 12.4 Å². The summed E-state index contributed by atoms with van der Waals surface area (Å²) in [6.45, 7) is 0.463. The van der Waals surface area contributed by atoms with Crippen molar-refractivity contribution in [2.45, 2.75) is 12.5 Å². The molecule has 0 amide bonds. The first kappa shape index (κ1) is 17.0. The highest BCUT2D eigenvalue weighted by Crippen LogP contribution is 2.14. The Morgan fingerprint density at radius 2 is 1.48 bits per heavy atom. The number of phenols is 2. The highest BCUT2D eigenvalue weighted by atomic mass is 35.5. The van der Waals surface area contributed by atoms with Crippen LogP contribution in [0, 0.1) is 0 Å². The molecule has 0 aliphatic rings. The lowest BCUT2D eigenvalue weighted by Crippen LogP contribution is -2.10. The van der Waals surface area contributed by atoms with Crippen molar-refractivity contribution in [2.24, 2.45) is 9.98 Å². The fourth-order valence-electron chi connectivity index (χ4n) is 1.99. The van der Waals surface area contributed by atoms with Gasteiger partial charge in [-0.2, -0.15) is 0 Å². The maximum atomic E-state index is 9.73. The first-order valence-corrected chi connectivity index (χ1v) is 7.89. The number of aromatic hydroxyl groups is 2. The Kier molecular flexibility index (Phi) is 6.63. The smallest absolute Gasteiger partial charge is 0.124 e. The van der Waals surface area contributed by atoms with E-state index in [2.05, 4.69) is 9.98 Å². The van der Waals surface area contributed by atoms with Crippen LogP contribution in [0.4, 0.5) is 0 Å². The average Bonchev–Trinajstić information content (AvgIpc) is 2.55. The summed E-state index contributed by atoms with van der Waals surface area (Å²) in [6.07, 6.45) is 3.96. The van der Waals surface area contributed by atoms with Gasteiger partial charge in [-0.1, -0.05) is 24.3 Å². The zero-order valence-corrected chi connectivity index (χ0v) is 13.4. The van der Waals surface area contributed by atoms with Crippen LogP contribution in [0.15, 0.2) is 58.5 Å². The summed E-state index contributed by atoms with van der Waals surface area (Å²) in [5, 5.41) is 19.4. The van der Waals surface area contributed by atoms with Crippen LogP contribution in [0.2, 0.25) is 0 Å². The van der Waals surface area contributed by atoms with Gasteiger partial charge in [0.15, 0.2) is 0 Å². The second kappa shape index (κ2) is 8.96. The van der Waals surface area contributed by atoms with E-state index in [4.69, 9.17) is 11.6 Å². The molecular formula is C18H19ClN2O2. The molecule has 0 radical (unpaired) electrons. The van der Waals surface area contributed by atoms with Gasteiger partial charge < -0.3 is 10.2 Å². The van der Waals surface area contributed by atoms with Crippen LogP contribution in [0.25, 0.3) is 0 Å². The SMILES string of the molecule is Oc1ccccc1C=NCC(CCCl)N=Cc1ccccc1O. The van der Waals surface area contributed by atoms with Crippen molar-refractivity contribution in [1.29, 1.82) is 0 Å². The highest BCUT2D eigenvalue weighted by Gasteiger charge is 2.05. The topological polar surface area (TPSA) is 65.2 Å². The summed E-state index contributed by atoms with van der Waals surface area (Å²) in [7, 11) is 0.